The van der Waals surface area contributed by atoms with Crippen molar-refractivity contribution in [2.75, 3.05) is 0 Å². The number of rotatable bonds is 5. The van der Waals surface area contributed by atoms with Gasteiger partial charge in [-0.05, 0) is 36.6 Å². The zero-order valence-electron chi connectivity index (χ0n) is 16.3. The average molecular weight is 404 g/mol. The molecule has 1 amide bonds. The molecule has 29 heavy (non-hydrogen) atoms. The van der Waals surface area contributed by atoms with E-state index in [2.05, 4.69) is 10.3 Å². The zero-order chi connectivity index (χ0) is 20.4. The Balaban J connectivity index is 1.55. The van der Waals surface area contributed by atoms with E-state index in [-0.39, 0.29) is 24.1 Å². The van der Waals surface area contributed by atoms with Gasteiger partial charge in [-0.3, -0.25) is 14.2 Å². The number of nitrogens with zero attached hydrogens (tertiary/aromatic N) is 2. The standard InChI is InChI=1S/C23H21N3O2S/c1-15-8-6-7-11-18(15)16(2)25-21(27)13-26-14-24-19-12-20(29-22(19)23(26)28)17-9-4-3-5-10-17/h3-12,14,16H,13H2,1-2H3,(H,25,27). The van der Waals surface area contributed by atoms with Crippen LogP contribution in [0.3, 0.4) is 0 Å². The molecule has 2 aromatic heterocycles. The Kier molecular flexibility index (Phi) is 5.27. The molecule has 1 atom stereocenters. The summed E-state index contributed by atoms with van der Waals surface area (Å²) in [7, 11) is 0. The van der Waals surface area contributed by atoms with Gasteiger partial charge in [0.2, 0.25) is 5.91 Å². The van der Waals surface area contributed by atoms with E-state index in [1.807, 2.05) is 74.5 Å². The van der Waals surface area contributed by atoms with Crippen molar-refractivity contribution >= 4 is 27.5 Å². The third-order valence-electron chi connectivity index (χ3n) is 4.91. The van der Waals surface area contributed by atoms with Crippen LogP contribution in [0.4, 0.5) is 0 Å². The molecule has 4 aromatic rings. The van der Waals surface area contributed by atoms with Crippen LogP contribution >= 0.6 is 11.3 Å². The summed E-state index contributed by atoms with van der Waals surface area (Å²) in [6, 6.07) is 19.6. The molecule has 0 bridgehead atoms. The molecule has 0 spiro atoms. The molecule has 0 aliphatic rings. The fraction of sp³-hybridized carbons (Fsp3) is 0.174. The van der Waals surface area contributed by atoms with Crippen LogP contribution in [0.1, 0.15) is 24.1 Å². The fourth-order valence-electron chi connectivity index (χ4n) is 3.39. The Morgan fingerprint density at radius 1 is 1.14 bits per heavy atom. The smallest absolute Gasteiger partial charge is 0.271 e. The van der Waals surface area contributed by atoms with Crippen LogP contribution in [-0.2, 0) is 11.3 Å². The second-order valence-corrected chi connectivity index (χ2v) is 8.07. The van der Waals surface area contributed by atoms with Crippen LogP contribution < -0.4 is 10.9 Å². The second kappa shape index (κ2) is 8.01. The number of thiophene rings is 1. The van der Waals surface area contributed by atoms with Gasteiger partial charge in [0.25, 0.3) is 5.56 Å². The van der Waals surface area contributed by atoms with E-state index < -0.39 is 0 Å². The van der Waals surface area contributed by atoms with Crippen molar-refractivity contribution in [1.82, 2.24) is 14.9 Å². The summed E-state index contributed by atoms with van der Waals surface area (Å²) in [5.41, 5.74) is 3.69. The number of carbonyl (C=O) groups excluding carboxylic acids is 1. The van der Waals surface area contributed by atoms with E-state index >= 15 is 0 Å². The third kappa shape index (κ3) is 3.98. The summed E-state index contributed by atoms with van der Waals surface area (Å²) in [4.78, 5) is 30.8. The van der Waals surface area contributed by atoms with Crippen LogP contribution in [0.5, 0.6) is 0 Å². The number of nitrogens with one attached hydrogen (secondary N) is 1. The number of fused-ring (bicyclic) bond motifs is 1. The van der Waals surface area contributed by atoms with Gasteiger partial charge in [0.1, 0.15) is 11.2 Å². The highest BCUT2D eigenvalue weighted by Gasteiger charge is 2.15. The van der Waals surface area contributed by atoms with E-state index in [1.165, 1.54) is 22.2 Å². The van der Waals surface area contributed by atoms with Gasteiger partial charge in [-0.1, -0.05) is 54.6 Å². The highest BCUT2D eigenvalue weighted by Crippen LogP contribution is 2.30. The summed E-state index contributed by atoms with van der Waals surface area (Å²) in [6.07, 6.45) is 1.45. The Hall–Kier alpha value is -3.25. The number of hydrogen-bond donors (Lipinski definition) is 1. The molecule has 146 valence electrons. The number of aromatic nitrogens is 2. The quantitative estimate of drug-likeness (QED) is 0.540. The van der Waals surface area contributed by atoms with Gasteiger partial charge in [-0.15, -0.1) is 11.3 Å². The highest BCUT2D eigenvalue weighted by atomic mass is 32.1. The molecular weight excluding hydrogens is 382 g/mol. The topological polar surface area (TPSA) is 64.0 Å². The molecule has 0 radical (unpaired) electrons. The summed E-state index contributed by atoms with van der Waals surface area (Å²) < 4.78 is 1.93. The number of carbonyl (C=O) groups is 1. The van der Waals surface area contributed by atoms with Crippen LogP contribution in [0.25, 0.3) is 20.7 Å². The molecule has 1 N–H and O–H groups in total. The molecular formula is C23H21N3O2S. The van der Waals surface area contributed by atoms with E-state index in [0.29, 0.717) is 10.2 Å². The maximum Gasteiger partial charge on any atom is 0.271 e. The first-order chi connectivity index (χ1) is 14.0. The normalized spacial score (nSPS) is 12.1. The minimum absolute atomic E-state index is 0.0590. The largest absolute Gasteiger partial charge is 0.348 e. The van der Waals surface area contributed by atoms with Crippen LogP contribution in [-0.4, -0.2) is 15.5 Å². The van der Waals surface area contributed by atoms with E-state index in [4.69, 9.17) is 0 Å². The zero-order valence-corrected chi connectivity index (χ0v) is 17.1. The molecule has 2 aromatic carbocycles. The number of hydrogen-bond acceptors (Lipinski definition) is 4. The molecule has 5 nitrogen and oxygen atoms in total. The molecule has 6 heteroatoms. The Bertz CT molecular complexity index is 1230. The van der Waals surface area contributed by atoms with Crippen molar-refractivity contribution in [1.29, 1.82) is 0 Å². The highest BCUT2D eigenvalue weighted by molar-refractivity contribution is 7.22. The van der Waals surface area contributed by atoms with Gasteiger partial charge in [-0.25, -0.2) is 4.98 Å². The second-order valence-electron chi connectivity index (χ2n) is 7.01. The van der Waals surface area contributed by atoms with Crippen molar-refractivity contribution in [3.05, 3.63) is 88.5 Å². The summed E-state index contributed by atoms with van der Waals surface area (Å²) in [6.45, 7) is 3.90. The first kappa shape index (κ1) is 19.1. The molecule has 0 fully saturated rings. The lowest BCUT2D eigenvalue weighted by molar-refractivity contribution is -0.122. The number of amides is 1. The Morgan fingerprint density at radius 2 is 1.86 bits per heavy atom. The predicted octanol–water partition coefficient (Wildman–Crippen LogP) is 4.31. The monoisotopic (exact) mass is 403 g/mol. The Labute approximate surface area is 172 Å². The summed E-state index contributed by atoms with van der Waals surface area (Å²) >= 11 is 1.40. The van der Waals surface area contributed by atoms with Gasteiger partial charge in [0.15, 0.2) is 0 Å². The molecule has 1 unspecified atom stereocenters. The van der Waals surface area contributed by atoms with Crippen molar-refractivity contribution in [2.24, 2.45) is 0 Å². The molecule has 0 saturated heterocycles. The maximum absolute atomic E-state index is 12.9. The van der Waals surface area contributed by atoms with Gasteiger partial charge in [-0.2, -0.15) is 0 Å². The average Bonchev–Trinajstić information content (AvgIpc) is 3.16. The first-order valence-corrected chi connectivity index (χ1v) is 10.2. The van der Waals surface area contributed by atoms with Gasteiger partial charge >= 0.3 is 0 Å². The Morgan fingerprint density at radius 3 is 2.62 bits per heavy atom. The van der Waals surface area contributed by atoms with Crippen LogP contribution in [0.2, 0.25) is 0 Å². The molecule has 4 rings (SSSR count). The van der Waals surface area contributed by atoms with Crippen molar-refractivity contribution in [3.8, 4) is 10.4 Å². The lowest BCUT2D eigenvalue weighted by Crippen LogP contribution is -2.34. The molecule has 2 heterocycles. The lowest BCUT2D eigenvalue weighted by atomic mass is 10.0. The van der Waals surface area contributed by atoms with E-state index in [9.17, 15) is 9.59 Å². The van der Waals surface area contributed by atoms with Gasteiger partial charge in [0, 0.05) is 4.88 Å². The van der Waals surface area contributed by atoms with Crippen LogP contribution in [0.15, 0.2) is 71.8 Å². The predicted molar refractivity (Wildman–Crippen MR) is 117 cm³/mol. The number of benzene rings is 2. The van der Waals surface area contributed by atoms with Crippen molar-refractivity contribution in [3.63, 3.8) is 0 Å². The number of aryl methyl sites for hydroxylation is 1. The van der Waals surface area contributed by atoms with Crippen LogP contribution in [0, 0.1) is 6.92 Å². The minimum atomic E-state index is -0.219. The molecule has 0 aliphatic carbocycles. The summed E-state index contributed by atoms with van der Waals surface area (Å²) in [5, 5.41) is 2.97. The van der Waals surface area contributed by atoms with Gasteiger partial charge in [0.05, 0.1) is 17.9 Å². The molecule has 0 aliphatic heterocycles. The minimum Gasteiger partial charge on any atom is -0.348 e. The first-order valence-electron chi connectivity index (χ1n) is 9.42. The summed E-state index contributed by atoms with van der Waals surface area (Å²) in [5.74, 6) is -0.219. The van der Waals surface area contributed by atoms with E-state index in [0.717, 1.165) is 21.6 Å². The SMILES string of the molecule is Cc1ccccc1C(C)NC(=O)Cn1cnc2cc(-c3ccccc3)sc2c1=O. The maximum atomic E-state index is 12.9. The molecule has 0 saturated carbocycles. The third-order valence-corrected chi connectivity index (χ3v) is 6.07. The fourth-order valence-corrected chi connectivity index (χ4v) is 4.46. The van der Waals surface area contributed by atoms with Crippen molar-refractivity contribution in [2.45, 2.75) is 26.4 Å². The van der Waals surface area contributed by atoms with E-state index in [1.54, 1.807) is 0 Å². The lowest BCUT2D eigenvalue weighted by Gasteiger charge is -2.16. The van der Waals surface area contributed by atoms with Crippen molar-refractivity contribution < 1.29 is 4.79 Å². The van der Waals surface area contributed by atoms with Gasteiger partial charge < -0.3 is 5.32 Å².